The summed E-state index contributed by atoms with van der Waals surface area (Å²) in [6.07, 6.45) is 0. The van der Waals surface area contributed by atoms with E-state index in [2.05, 4.69) is 9.97 Å². The van der Waals surface area contributed by atoms with Crippen molar-refractivity contribution in [3.05, 3.63) is 36.4 Å². The first-order valence-electron chi connectivity index (χ1n) is 6.15. The van der Waals surface area contributed by atoms with Crippen molar-refractivity contribution in [1.29, 1.82) is 0 Å². The van der Waals surface area contributed by atoms with Crippen LogP contribution >= 0.6 is 0 Å². The first-order valence-corrected chi connectivity index (χ1v) is 6.15. The van der Waals surface area contributed by atoms with E-state index < -0.39 is 13.3 Å². The molecule has 0 aliphatic carbocycles. The molecule has 0 radical (unpaired) electrons. The van der Waals surface area contributed by atoms with Crippen LogP contribution in [0.3, 0.4) is 0 Å². The zero-order valence-electron chi connectivity index (χ0n) is 10.8. The second kappa shape index (κ2) is 7.37. The second-order valence-corrected chi connectivity index (χ2v) is 3.80. The van der Waals surface area contributed by atoms with Gasteiger partial charge in [0.1, 0.15) is 26.6 Å². The highest BCUT2D eigenvalue weighted by atomic mass is 19.1. The van der Waals surface area contributed by atoms with Gasteiger partial charge in [-0.1, -0.05) is 12.1 Å². The summed E-state index contributed by atoms with van der Waals surface area (Å²) < 4.78 is 34.4. The van der Waals surface area contributed by atoms with Gasteiger partial charge in [0, 0.05) is 12.1 Å². The van der Waals surface area contributed by atoms with Crippen LogP contribution in [0.5, 0.6) is 11.8 Å². The Kier molecular flexibility index (Phi) is 5.23. The molecular formula is C14H14F2N2O2. The molecule has 2 heterocycles. The minimum atomic E-state index is -0.573. The number of pyridine rings is 2. The van der Waals surface area contributed by atoms with E-state index >= 15 is 0 Å². The van der Waals surface area contributed by atoms with Crippen molar-refractivity contribution in [2.24, 2.45) is 0 Å². The van der Waals surface area contributed by atoms with Gasteiger partial charge in [-0.3, -0.25) is 0 Å². The quantitative estimate of drug-likeness (QED) is 0.782. The molecule has 0 saturated heterocycles. The van der Waals surface area contributed by atoms with Gasteiger partial charge in [-0.2, -0.15) is 0 Å². The molecular weight excluding hydrogens is 266 g/mol. The number of aromatic nitrogens is 2. The molecule has 0 aliphatic rings. The highest BCUT2D eigenvalue weighted by molar-refractivity contribution is 5.55. The van der Waals surface area contributed by atoms with Crippen LogP contribution in [-0.4, -0.2) is 36.5 Å². The molecule has 0 saturated carbocycles. The fourth-order valence-electron chi connectivity index (χ4n) is 1.56. The van der Waals surface area contributed by atoms with Crippen LogP contribution < -0.4 is 9.47 Å². The molecule has 0 bridgehead atoms. The van der Waals surface area contributed by atoms with Gasteiger partial charge in [-0.25, -0.2) is 18.7 Å². The summed E-state index contributed by atoms with van der Waals surface area (Å²) in [6.45, 7) is -1.22. The smallest absolute Gasteiger partial charge is 0.213 e. The van der Waals surface area contributed by atoms with E-state index in [0.29, 0.717) is 23.1 Å². The highest BCUT2D eigenvalue weighted by Gasteiger charge is 2.05. The predicted octanol–water partition coefficient (Wildman–Crippen LogP) is 2.84. The molecule has 6 heteroatoms. The lowest BCUT2D eigenvalue weighted by Crippen LogP contribution is -2.02. The van der Waals surface area contributed by atoms with E-state index in [4.69, 9.17) is 9.47 Å². The molecule has 0 unspecified atom stereocenters. The number of halogens is 2. The number of ether oxygens (including phenoxy) is 2. The van der Waals surface area contributed by atoms with Crippen LogP contribution in [0.15, 0.2) is 36.4 Å². The lowest BCUT2D eigenvalue weighted by Gasteiger charge is -2.07. The Balaban J connectivity index is 2.17. The third-order valence-corrected chi connectivity index (χ3v) is 2.36. The van der Waals surface area contributed by atoms with E-state index in [-0.39, 0.29) is 13.2 Å². The van der Waals surface area contributed by atoms with Gasteiger partial charge in [-0.05, 0) is 12.1 Å². The van der Waals surface area contributed by atoms with Crippen LogP contribution in [0.25, 0.3) is 11.4 Å². The van der Waals surface area contributed by atoms with Crippen LogP contribution in [-0.2, 0) is 0 Å². The molecule has 0 atom stereocenters. The Labute approximate surface area is 115 Å². The van der Waals surface area contributed by atoms with Crippen LogP contribution in [0, 0.1) is 0 Å². The molecule has 0 amide bonds. The maximum atomic E-state index is 12.1. The minimum Gasteiger partial charge on any atom is -0.475 e. The standard InChI is InChI=1S/C14H14F2N2O2/c15-7-9-19-13-5-1-3-11(17-13)12-4-2-6-14(18-12)20-10-8-16/h1-6H,7-10H2. The number of alkyl halides is 2. The average Bonchev–Trinajstić information content (AvgIpc) is 2.51. The summed E-state index contributed by atoms with van der Waals surface area (Å²) in [5.41, 5.74) is 1.15. The Morgan fingerprint density at radius 3 is 1.60 bits per heavy atom. The van der Waals surface area contributed by atoms with Crippen molar-refractivity contribution in [2.75, 3.05) is 26.6 Å². The summed E-state index contributed by atoms with van der Waals surface area (Å²) in [7, 11) is 0. The van der Waals surface area contributed by atoms with Crippen molar-refractivity contribution < 1.29 is 18.3 Å². The van der Waals surface area contributed by atoms with Crippen molar-refractivity contribution >= 4 is 0 Å². The first kappa shape index (κ1) is 14.2. The SMILES string of the molecule is FCCOc1cccc(-c2cccc(OCCF)n2)n1. The Hall–Kier alpha value is -2.24. The molecule has 106 valence electrons. The number of hydrogen-bond acceptors (Lipinski definition) is 4. The molecule has 0 aliphatic heterocycles. The predicted molar refractivity (Wildman–Crippen MR) is 70.4 cm³/mol. The molecule has 0 spiro atoms. The molecule has 20 heavy (non-hydrogen) atoms. The summed E-state index contributed by atoms with van der Waals surface area (Å²) in [6, 6.07) is 10.3. The van der Waals surface area contributed by atoms with Crippen LogP contribution in [0.1, 0.15) is 0 Å². The van der Waals surface area contributed by atoms with E-state index in [1.54, 1.807) is 36.4 Å². The first-order chi connectivity index (χ1) is 9.83. The monoisotopic (exact) mass is 280 g/mol. The number of rotatable bonds is 7. The Bertz CT molecular complexity index is 503. The van der Waals surface area contributed by atoms with Crippen LogP contribution in [0.4, 0.5) is 8.78 Å². The van der Waals surface area contributed by atoms with E-state index in [1.807, 2.05) is 0 Å². The van der Waals surface area contributed by atoms with Gasteiger partial charge in [0.15, 0.2) is 0 Å². The van der Waals surface area contributed by atoms with E-state index in [0.717, 1.165) is 0 Å². The normalized spacial score (nSPS) is 10.3. The van der Waals surface area contributed by atoms with Crippen molar-refractivity contribution in [1.82, 2.24) is 9.97 Å². The summed E-state index contributed by atoms with van der Waals surface area (Å²) >= 11 is 0. The van der Waals surface area contributed by atoms with Gasteiger partial charge < -0.3 is 9.47 Å². The lowest BCUT2D eigenvalue weighted by atomic mass is 10.2. The topological polar surface area (TPSA) is 44.2 Å². The van der Waals surface area contributed by atoms with Gasteiger partial charge in [0.05, 0.1) is 11.4 Å². The number of hydrogen-bond donors (Lipinski definition) is 0. The van der Waals surface area contributed by atoms with E-state index in [1.165, 1.54) is 0 Å². The third kappa shape index (κ3) is 3.88. The molecule has 2 rings (SSSR count). The van der Waals surface area contributed by atoms with Crippen molar-refractivity contribution in [3.63, 3.8) is 0 Å². The summed E-state index contributed by atoms with van der Waals surface area (Å²) in [5, 5.41) is 0. The zero-order valence-corrected chi connectivity index (χ0v) is 10.8. The molecule has 4 nitrogen and oxygen atoms in total. The molecule has 0 fully saturated rings. The average molecular weight is 280 g/mol. The van der Waals surface area contributed by atoms with Gasteiger partial charge >= 0.3 is 0 Å². The van der Waals surface area contributed by atoms with Gasteiger partial charge in [0.25, 0.3) is 0 Å². The van der Waals surface area contributed by atoms with Crippen molar-refractivity contribution in [3.8, 4) is 23.1 Å². The third-order valence-electron chi connectivity index (χ3n) is 2.36. The highest BCUT2D eigenvalue weighted by Crippen LogP contribution is 2.20. The van der Waals surface area contributed by atoms with Crippen molar-refractivity contribution in [2.45, 2.75) is 0 Å². The maximum Gasteiger partial charge on any atom is 0.213 e. The molecule has 2 aromatic heterocycles. The Morgan fingerprint density at radius 2 is 1.20 bits per heavy atom. The molecule has 0 aromatic carbocycles. The fourth-order valence-corrected chi connectivity index (χ4v) is 1.56. The summed E-state index contributed by atoms with van der Waals surface area (Å²) in [5.74, 6) is 0.661. The van der Waals surface area contributed by atoms with Crippen LogP contribution in [0.2, 0.25) is 0 Å². The minimum absolute atomic E-state index is 0.0382. The van der Waals surface area contributed by atoms with Gasteiger partial charge in [0.2, 0.25) is 11.8 Å². The van der Waals surface area contributed by atoms with Gasteiger partial charge in [-0.15, -0.1) is 0 Å². The summed E-state index contributed by atoms with van der Waals surface area (Å²) in [4.78, 5) is 8.44. The zero-order chi connectivity index (χ0) is 14.2. The Morgan fingerprint density at radius 1 is 0.750 bits per heavy atom. The number of nitrogens with zero attached hydrogens (tertiary/aromatic N) is 2. The lowest BCUT2D eigenvalue weighted by molar-refractivity contribution is 0.264. The maximum absolute atomic E-state index is 12.1. The molecule has 2 aromatic rings. The largest absolute Gasteiger partial charge is 0.475 e. The van der Waals surface area contributed by atoms with E-state index in [9.17, 15) is 8.78 Å². The second-order valence-electron chi connectivity index (χ2n) is 3.80. The molecule has 0 N–H and O–H groups in total. The fraction of sp³-hybridized carbons (Fsp3) is 0.286.